The van der Waals surface area contributed by atoms with Gasteiger partial charge in [0, 0.05) is 6.54 Å². The molecule has 4 N–H and O–H groups in total. The summed E-state index contributed by atoms with van der Waals surface area (Å²) in [5.41, 5.74) is 3.83. The molecule has 0 heterocycles. The molecule has 0 aliphatic rings. The Balaban J connectivity index is 2.47. The summed E-state index contributed by atoms with van der Waals surface area (Å²) in [5, 5.41) is 2.44. The van der Waals surface area contributed by atoms with E-state index in [2.05, 4.69) is 5.32 Å². The lowest BCUT2D eigenvalue weighted by Crippen LogP contribution is -2.42. The highest BCUT2D eigenvalue weighted by Crippen LogP contribution is 2.02. The van der Waals surface area contributed by atoms with Crippen molar-refractivity contribution in [3.63, 3.8) is 0 Å². The van der Waals surface area contributed by atoms with Gasteiger partial charge in [0.1, 0.15) is 0 Å². The van der Waals surface area contributed by atoms with Gasteiger partial charge in [-0.15, -0.1) is 0 Å². The van der Waals surface area contributed by atoms with Crippen LogP contribution in [0.25, 0.3) is 0 Å². The number of hydrogen-bond acceptors (Lipinski definition) is 3. The van der Waals surface area contributed by atoms with E-state index in [9.17, 15) is 9.59 Å². The first-order chi connectivity index (χ1) is 7.13. The van der Waals surface area contributed by atoms with Crippen molar-refractivity contribution in [2.75, 3.05) is 0 Å². The molecule has 0 bridgehead atoms. The predicted molar refractivity (Wildman–Crippen MR) is 55.4 cm³/mol. The summed E-state index contributed by atoms with van der Waals surface area (Å²) in [6.45, 7) is 2.29. The second-order valence-electron chi connectivity index (χ2n) is 3.14. The van der Waals surface area contributed by atoms with E-state index < -0.39 is 11.8 Å². The molecule has 1 aromatic rings. The highest BCUT2D eigenvalue weighted by atomic mass is 16.2. The average molecular weight is 207 g/mol. The van der Waals surface area contributed by atoms with Gasteiger partial charge in [0.2, 0.25) is 0 Å². The third-order valence-electron chi connectivity index (χ3n) is 1.91. The number of rotatable bonds is 2. The van der Waals surface area contributed by atoms with Crippen molar-refractivity contribution in [2.24, 2.45) is 5.84 Å². The number of carbonyl (C=O) groups excluding carboxylic acids is 2. The maximum Gasteiger partial charge on any atom is 0.323 e. The van der Waals surface area contributed by atoms with E-state index in [4.69, 9.17) is 5.84 Å². The van der Waals surface area contributed by atoms with Crippen LogP contribution in [-0.2, 0) is 16.1 Å². The molecule has 2 amide bonds. The molecule has 0 aliphatic carbocycles. The Bertz CT molecular complexity index is 359. The average Bonchev–Trinajstić information content (AvgIpc) is 2.26. The molecule has 0 saturated heterocycles. The molecule has 0 aliphatic heterocycles. The quantitative estimate of drug-likeness (QED) is 0.267. The Morgan fingerprint density at radius 3 is 2.33 bits per heavy atom. The van der Waals surface area contributed by atoms with Crippen LogP contribution in [0.1, 0.15) is 11.1 Å². The van der Waals surface area contributed by atoms with Crippen molar-refractivity contribution >= 4 is 11.8 Å². The van der Waals surface area contributed by atoms with Crippen LogP contribution in [0.5, 0.6) is 0 Å². The number of carbonyl (C=O) groups is 2. The van der Waals surface area contributed by atoms with Gasteiger partial charge in [0.15, 0.2) is 0 Å². The summed E-state index contributed by atoms with van der Waals surface area (Å²) in [6, 6.07) is 7.64. The van der Waals surface area contributed by atoms with Gasteiger partial charge < -0.3 is 5.32 Å². The molecule has 0 unspecified atom stereocenters. The van der Waals surface area contributed by atoms with Crippen LogP contribution in [0.2, 0.25) is 0 Å². The number of amides is 2. The van der Waals surface area contributed by atoms with E-state index in [1.807, 2.05) is 31.2 Å². The summed E-state index contributed by atoms with van der Waals surface area (Å²) >= 11 is 0. The van der Waals surface area contributed by atoms with Crippen LogP contribution < -0.4 is 16.6 Å². The number of nitrogens with one attached hydrogen (secondary N) is 2. The minimum atomic E-state index is -0.845. The number of hydrogen-bond donors (Lipinski definition) is 3. The number of aryl methyl sites for hydroxylation is 1. The zero-order valence-electron chi connectivity index (χ0n) is 8.41. The highest BCUT2D eigenvalue weighted by molar-refractivity contribution is 6.34. The molecule has 1 rings (SSSR count). The molecular weight excluding hydrogens is 194 g/mol. The van der Waals surface area contributed by atoms with Gasteiger partial charge in [-0.25, -0.2) is 5.84 Å². The summed E-state index contributed by atoms with van der Waals surface area (Å²) < 4.78 is 0. The van der Waals surface area contributed by atoms with Crippen molar-refractivity contribution < 1.29 is 9.59 Å². The normalized spacial score (nSPS) is 9.47. The fourth-order valence-corrected chi connectivity index (χ4v) is 1.03. The molecule has 5 heteroatoms. The van der Waals surface area contributed by atoms with Gasteiger partial charge in [0.05, 0.1) is 0 Å². The molecule has 0 spiro atoms. The molecule has 0 fully saturated rings. The summed E-state index contributed by atoms with van der Waals surface area (Å²) in [6.07, 6.45) is 0. The number of nitrogens with two attached hydrogens (primary N) is 1. The molecule has 0 saturated carbocycles. The van der Waals surface area contributed by atoms with Gasteiger partial charge in [-0.2, -0.15) is 0 Å². The molecule has 5 nitrogen and oxygen atoms in total. The fraction of sp³-hybridized carbons (Fsp3) is 0.200. The van der Waals surface area contributed by atoms with Crippen molar-refractivity contribution in [1.29, 1.82) is 0 Å². The van der Waals surface area contributed by atoms with Crippen molar-refractivity contribution in [3.05, 3.63) is 35.4 Å². The summed E-state index contributed by atoms with van der Waals surface area (Å²) in [7, 11) is 0. The molecule has 15 heavy (non-hydrogen) atoms. The second-order valence-corrected chi connectivity index (χ2v) is 3.14. The first-order valence-corrected chi connectivity index (χ1v) is 4.48. The molecular formula is C10H13N3O2. The minimum Gasteiger partial charge on any atom is -0.344 e. The Morgan fingerprint density at radius 2 is 1.80 bits per heavy atom. The minimum absolute atomic E-state index is 0.312. The topological polar surface area (TPSA) is 84.2 Å². The highest BCUT2D eigenvalue weighted by Gasteiger charge is 2.10. The molecule has 0 radical (unpaired) electrons. The van der Waals surface area contributed by atoms with Gasteiger partial charge >= 0.3 is 11.8 Å². The van der Waals surface area contributed by atoms with Crippen LogP contribution in [-0.4, -0.2) is 11.8 Å². The SMILES string of the molecule is Cc1ccc(CNC(=O)C(=O)NN)cc1. The van der Waals surface area contributed by atoms with Crippen molar-refractivity contribution in [1.82, 2.24) is 10.7 Å². The Morgan fingerprint density at radius 1 is 1.20 bits per heavy atom. The van der Waals surface area contributed by atoms with E-state index in [-0.39, 0.29) is 0 Å². The van der Waals surface area contributed by atoms with E-state index in [0.717, 1.165) is 11.1 Å². The lowest BCUT2D eigenvalue weighted by Gasteiger charge is -2.04. The lowest BCUT2D eigenvalue weighted by molar-refractivity contribution is -0.139. The Hall–Kier alpha value is -1.88. The first kappa shape index (κ1) is 11.2. The first-order valence-electron chi connectivity index (χ1n) is 4.48. The third-order valence-corrected chi connectivity index (χ3v) is 1.91. The molecule has 80 valence electrons. The van der Waals surface area contributed by atoms with Crippen LogP contribution in [0.3, 0.4) is 0 Å². The number of hydrazine groups is 1. The summed E-state index contributed by atoms with van der Waals surface area (Å²) in [4.78, 5) is 21.8. The molecule has 0 atom stereocenters. The van der Waals surface area contributed by atoms with Crippen LogP contribution in [0, 0.1) is 6.92 Å². The monoisotopic (exact) mass is 207 g/mol. The van der Waals surface area contributed by atoms with Crippen molar-refractivity contribution in [2.45, 2.75) is 13.5 Å². The maximum atomic E-state index is 11.0. The zero-order valence-corrected chi connectivity index (χ0v) is 8.41. The summed E-state index contributed by atoms with van der Waals surface area (Å²) in [5.74, 6) is 3.22. The zero-order chi connectivity index (χ0) is 11.3. The van der Waals surface area contributed by atoms with Gasteiger partial charge in [-0.05, 0) is 12.5 Å². The third kappa shape index (κ3) is 3.40. The molecule has 1 aromatic carbocycles. The lowest BCUT2D eigenvalue weighted by atomic mass is 10.1. The van der Waals surface area contributed by atoms with Crippen molar-refractivity contribution in [3.8, 4) is 0 Å². The largest absolute Gasteiger partial charge is 0.344 e. The maximum absolute atomic E-state index is 11.0. The smallest absolute Gasteiger partial charge is 0.323 e. The Kier molecular flexibility index (Phi) is 3.82. The standard InChI is InChI=1S/C10H13N3O2/c1-7-2-4-8(5-3-7)6-12-9(14)10(15)13-11/h2-5H,6,11H2,1H3,(H,12,14)(H,13,15). The molecule has 0 aromatic heterocycles. The van der Waals surface area contributed by atoms with E-state index >= 15 is 0 Å². The van der Waals surface area contributed by atoms with Crippen LogP contribution in [0.15, 0.2) is 24.3 Å². The Labute approximate surface area is 87.6 Å². The second kappa shape index (κ2) is 5.11. The fourth-order valence-electron chi connectivity index (χ4n) is 1.03. The van der Waals surface area contributed by atoms with Crippen LogP contribution in [0.4, 0.5) is 0 Å². The van der Waals surface area contributed by atoms with Gasteiger partial charge in [-0.3, -0.25) is 15.0 Å². The van der Waals surface area contributed by atoms with Crippen LogP contribution >= 0.6 is 0 Å². The van der Waals surface area contributed by atoms with E-state index in [1.54, 1.807) is 5.43 Å². The van der Waals surface area contributed by atoms with E-state index in [1.165, 1.54) is 0 Å². The van der Waals surface area contributed by atoms with Gasteiger partial charge in [-0.1, -0.05) is 29.8 Å². The predicted octanol–water partition coefficient (Wildman–Crippen LogP) is -0.399. The van der Waals surface area contributed by atoms with Gasteiger partial charge in [0.25, 0.3) is 0 Å². The number of benzene rings is 1. The van der Waals surface area contributed by atoms with E-state index in [0.29, 0.717) is 6.54 Å².